The lowest BCUT2D eigenvalue weighted by Crippen LogP contribution is -2.18. The van der Waals surface area contributed by atoms with Crippen molar-refractivity contribution >= 4 is 22.4 Å². The van der Waals surface area contributed by atoms with Gasteiger partial charge in [0.1, 0.15) is 11.6 Å². The first-order chi connectivity index (χ1) is 7.08. The zero-order chi connectivity index (χ0) is 11.3. The Bertz CT molecular complexity index is 327. The van der Waals surface area contributed by atoms with Gasteiger partial charge in [-0.3, -0.25) is 4.21 Å². The van der Waals surface area contributed by atoms with E-state index in [4.69, 9.17) is 5.73 Å². The average molecular weight is 228 g/mol. The predicted molar refractivity (Wildman–Crippen MR) is 63.1 cm³/mol. The molecule has 1 heterocycles. The number of nitrogen functional groups attached to an aromatic ring is 1. The molecular formula is C9H16N4OS. The van der Waals surface area contributed by atoms with Crippen LogP contribution in [0.4, 0.5) is 11.6 Å². The second kappa shape index (κ2) is 5.65. The van der Waals surface area contributed by atoms with Crippen LogP contribution in [0.25, 0.3) is 0 Å². The van der Waals surface area contributed by atoms with Gasteiger partial charge < -0.3 is 11.1 Å². The zero-order valence-corrected chi connectivity index (χ0v) is 9.75. The van der Waals surface area contributed by atoms with Crippen LogP contribution in [0.2, 0.25) is 0 Å². The molecule has 6 heteroatoms. The van der Waals surface area contributed by atoms with E-state index in [-0.39, 0.29) is 6.04 Å². The van der Waals surface area contributed by atoms with Gasteiger partial charge in [0.2, 0.25) is 0 Å². The molecule has 0 fully saturated rings. The van der Waals surface area contributed by atoms with Crippen LogP contribution in [0.3, 0.4) is 0 Å². The topological polar surface area (TPSA) is 80.9 Å². The van der Waals surface area contributed by atoms with E-state index >= 15 is 0 Å². The Hall–Kier alpha value is -1.17. The summed E-state index contributed by atoms with van der Waals surface area (Å²) in [6, 6.07) is 0.229. The van der Waals surface area contributed by atoms with Crippen molar-refractivity contribution in [1.82, 2.24) is 9.97 Å². The molecular weight excluding hydrogens is 212 g/mol. The van der Waals surface area contributed by atoms with E-state index < -0.39 is 10.8 Å². The SMILES string of the molecule is CC(CCS(C)=O)Nc1cnc(N)cn1. The maximum absolute atomic E-state index is 10.9. The highest BCUT2D eigenvalue weighted by Crippen LogP contribution is 2.05. The van der Waals surface area contributed by atoms with Gasteiger partial charge in [-0.05, 0) is 13.3 Å². The Morgan fingerprint density at radius 1 is 1.53 bits per heavy atom. The minimum atomic E-state index is -0.744. The van der Waals surface area contributed by atoms with Crippen molar-refractivity contribution in [3.8, 4) is 0 Å². The van der Waals surface area contributed by atoms with E-state index in [0.717, 1.165) is 6.42 Å². The van der Waals surface area contributed by atoms with Crippen molar-refractivity contribution in [2.45, 2.75) is 19.4 Å². The monoisotopic (exact) mass is 228 g/mol. The molecule has 0 spiro atoms. The van der Waals surface area contributed by atoms with Crippen LogP contribution in [0, 0.1) is 0 Å². The van der Waals surface area contributed by atoms with Crippen LogP contribution < -0.4 is 11.1 Å². The maximum Gasteiger partial charge on any atom is 0.144 e. The molecule has 0 aromatic carbocycles. The highest BCUT2D eigenvalue weighted by molar-refractivity contribution is 7.84. The van der Waals surface area contributed by atoms with E-state index in [9.17, 15) is 4.21 Å². The highest BCUT2D eigenvalue weighted by atomic mass is 32.2. The highest BCUT2D eigenvalue weighted by Gasteiger charge is 2.04. The van der Waals surface area contributed by atoms with Gasteiger partial charge in [0, 0.05) is 28.9 Å². The molecule has 5 nitrogen and oxygen atoms in total. The lowest BCUT2D eigenvalue weighted by atomic mass is 10.2. The molecule has 1 aromatic heterocycles. The Morgan fingerprint density at radius 2 is 2.27 bits per heavy atom. The number of anilines is 2. The maximum atomic E-state index is 10.9. The van der Waals surface area contributed by atoms with Crippen molar-refractivity contribution in [3.63, 3.8) is 0 Å². The van der Waals surface area contributed by atoms with Crippen LogP contribution in [0.15, 0.2) is 12.4 Å². The normalized spacial score (nSPS) is 14.5. The molecule has 0 radical (unpaired) electrons. The molecule has 0 saturated heterocycles. The molecule has 1 rings (SSSR count). The quantitative estimate of drug-likeness (QED) is 0.772. The van der Waals surface area contributed by atoms with Crippen molar-refractivity contribution in [2.24, 2.45) is 0 Å². The van der Waals surface area contributed by atoms with E-state index in [1.165, 1.54) is 6.20 Å². The van der Waals surface area contributed by atoms with E-state index in [1.807, 2.05) is 6.92 Å². The van der Waals surface area contributed by atoms with Crippen LogP contribution in [0.1, 0.15) is 13.3 Å². The molecule has 0 aliphatic carbocycles. The van der Waals surface area contributed by atoms with Crippen molar-refractivity contribution in [2.75, 3.05) is 23.1 Å². The summed E-state index contributed by atoms with van der Waals surface area (Å²) in [5, 5.41) is 3.16. The smallest absolute Gasteiger partial charge is 0.144 e. The van der Waals surface area contributed by atoms with Crippen molar-refractivity contribution in [3.05, 3.63) is 12.4 Å². The zero-order valence-electron chi connectivity index (χ0n) is 8.93. The minimum Gasteiger partial charge on any atom is -0.382 e. The minimum absolute atomic E-state index is 0.229. The van der Waals surface area contributed by atoms with Gasteiger partial charge in [-0.25, -0.2) is 9.97 Å². The fraction of sp³-hybridized carbons (Fsp3) is 0.556. The average Bonchev–Trinajstić information content (AvgIpc) is 2.19. The second-order valence-electron chi connectivity index (χ2n) is 3.44. The van der Waals surface area contributed by atoms with E-state index in [1.54, 1.807) is 12.5 Å². The van der Waals surface area contributed by atoms with Crippen LogP contribution in [-0.2, 0) is 10.8 Å². The predicted octanol–water partition coefficient (Wildman–Crippen LogP) is 0.628. The Labute approximate surface area is 92.0 Å². The standard InChI is InChI=1S/C9H16N4OS/c1-7(3-4-15(2)14)13-9-6-11-8(10)5-12-9/h5-7H,3-4H2,1-2H3,(H2,10,11)(H,12,13). The number of rotatable bonds is 5. The molecule has 15 heavy (non-hydrogen) atoms. The summed E-state index contributed by atoms with van der Waals surface area (Å²) in [6.07, 6.45) is 5.65. The van der Waals surface area contributed by atoms with Crippen molar-refractivity contribution < 1.29 is 4.21 Å². The summed E-state index contributed by atoms with van der Waals surface area (Å²) in [5.74, 6) is 1.79. The molecule has 1 aromatic rings. The number of nitrogens with zero attached hydrogens (tertiary/aromatic N) is 2. The number of nitrogens with two attached hydrogens (primary N) is 1. The summed E-state index contributed by atoms with van der Waals surface area (Å²) in [4.78, 5) is 7.99. The first-order valence-electron chi connectivity index (χ1n) is 4.72. The first kappa shape index (κ1) is 11.9. The largest absolute Gasteiger partial charge is 0.382 e. The Balaban J connectivity index is 2.40. The molecule has 0 aliphatic rings. The van der Waals surface area contributed by atoms with Crippen LogP contribution >= 0.6 is 0 Å². The fourth-order valence-corrected chi connectivity index (χ4v) is 1.77. The van der Waals surface area contributed by atoms with Gasteiger partial charge in [0.25, 0.3) is 0 Å². The van der Waals surface area contributed by atoms with Crippen molar-refractivity contribution in [1.29, 1.82) is 0 Å². The summed E-state index contributed by atoms with van der Waals surface area (Å²) in [5.41, 5.74) is 5.41. The number of hydrogen-bond acceptors (Lipinski definition) is 5. The fourth-order valence-electron chi connectivity index (χ4n) is 1.08. The Kier molecular flexibility index (Phi) is 4.48. The molecule has 0 bridgehead atoms. The summed E-state index contributed by atoms with van der Waals surface area (Å²) in [7, 11) is -0.744. The summed E-state index contributed by atoms with van der Waals surface area (Å²) in [6.45, 7) is 2.02. The van der Waals surface area contributed by atoms with Gasteiger partial charge in [-0.1, -0.05) is 0 Å². The molecule has 84 valence electrons. The molecule has 0 amide bonds. The van der Waals surface area contributed by atoms with Gasteiger partial charge in [0.05, 0.1) is 12.4 Å². The summed E-state index contributed by atoms with van der Waals surface area (Å²) < 4.78 is 10.9. The molecule has 0 saturated carbocycles. The number of hydrogen-bond donors (Lipinski definition) is 2. The van der Waals surface area contributed by atoms with Gasteiger partial charge in [-0.15, -0.1) is 0 Å². The molecule has 3 N–H and O–H groups in total. The third-order valence-corrected chi connectivity index (χ3v) is 2.72. The lowest BCUT2D eigenvalue weighted by molar-refractivity contribution is 0.678. The van der Waals surface area contributed by atoms with Gasteiger partial charge in [-0.2, -0.15) is 0 Å². The van der Waals surface area contributed by atoms with Gasteiger partial charge >= 0.3 is 0 Å². The van der Waals surface area contributed by atoms with Crippen LogP contribution in [0.5, 0.6) is 0 Å². The number of nitrogens with one attached hydrogen (secondary N) is 1. The third-order valence-electron chi connectivity index (χ3n) is 1.90. The summed E-state index contributed by atoms with van der Waals surface area (Å²) >= 11 is 0. The lowest BCUT2D eigenvalue weighted by Gasteiger charge is -2.13. The number of aromatic nitrogens is 2. The van der Waals surface area contributed by atoms with Gasteiger partial charge in [0.15, 0.2) is 0 Å². The third kappa shape index (κ3) is 4.73. The molecule has 2 atom stereocenters. The molecule has 0 aliphatic heterocycles. The Morgan fingerprint density at radius 3 is 2.80 bits per heavy atom. The first-order valence-corrected chi connectivity index (χ1v) is 6.44. The van der Waals surface area contributed by atoms with E-state index in [0.29, 0.717) is 17.4 Å². The molecule has 2 unspecified atom stereocenters. The van der Waals surface area contributed by atoms with Crippen LogP contribution in [-0.4, -0.2) is 32.2 Å². The van der Waals surface area contributed by atoms with E-state index in [2.05, 4.69) is 15.3 Å². The second-order valence-corrected chi connectivity index (χ2v) is 4.99.